The first-order chi connectivity index (χ1) is 13.1. The Morgan fingerprint density at radius 2 is 2.19 bits per heavy atom. The van der Waals surface area contributed by atoms with E-state index >= 15 is 0 Å². The molecule has 7 heteroatoms. The van der Waals surface area contributed by atoms with Gasteiger partial charge in [0, 0.05) is 41.9 Å². The van der Waals surface area contributed by atoms with Crippen LogP contribution in [0, 0.1) is 19.8 Å². The molecule has 2 aliphatic rings. The lowest BCUT2D eigenvalue weighted by Gasteiger charge is -2.31. The minimum absolute atomic E-state index is 0.186. The van der Waals surface area contributed by atoms with Crippen molar-refractivity contribution in [3.8, 4) is 0 Å². The summed E-state index contributed by atoms with van der Waals surface area (Å²) in [6, 6.07) is 8.40. The first-order valence-electron chi connectivity index (χ1n) is 9.64. The number of ether oxygens (including phenoxy) is 2. The van der Waals surface area contributed by atoms with E-state index in [9.17, 15) is 0 Å². The SMILES string of the molecule is Cc1ccc(NC[C@@H]2CO[C@@]3(COCCN(Cc4ccc(C)s4)C3)C2)nn1. The van der Waals surface area contributed by atoms with Crippen LogP contribution in [0.1, 0.15) is 21.9 Å². The van der Waals surface area contributed by atoms with Crippen LogP contribution in [0.3, 0.4) is 0 Å². The summed E-state index contributed by atoms with van der Waals surface area (Å²) in [6.07, 6.45) is 1.01. The van der Waals surface area contributed by atoms with Crippen LogP contribution < -0.4 is 5.32 Å². The van der Waals surface area contributed by atoms with Crippen molar-refractivity contribution in [2.75, 3.05) is 44.8 Å². The van der Waals surface area contributed by atoms with Gasteiger partial charge in [-0.2, -0.15) is 5.10 Å². The van der Waals surface area contributed by atoms with Crippen LogP contribution in [0.2, 0.25) is 0 Å². The van der Waals surface area contributed by atoms with Crippen LogP contribution in [-0.4, -0.2) is 60.2 Å². The number of hydrogen-bond donors (Lipinski definition) is 1. The van der Waals surface area contributed by atoms with E-state index in [1.165, 1.54) is 9.75 Å². The number of nitrogens with one attached hydrogen (secondary N) is 1. The van der Waals surface area contributed by atoms with Crippen molar-refractivity contribution in [3.63, 3.8) is 0 Å². The number of rotatable bonds is 5. The van der Waals surface area contributed by atoms with Crippen molar-refractivity contribution in [1.82, 2.24) is 15.1 Å². The minimum atomic E-state index is -0.186. The molecule has 0 bridgehead atoms. The molecule has 146 valence electrons. The maximum atomic E-state index is 6.32. The molecule has 27 heavy (non-hydrogen) atoms. The molecule has 0 aromatic carbocycles. The van der Waals surface area contributed by atoms with Gasteiger partial charge in [0.1, 0.15) is 11.4 Å². The second kappa shape index (κ2) is 8.22. The Hall–Kier alpha value is -1.54. The molecule has 2 fully saturated rings. The summed E-state index contributed by atoms with van der Waals surface area (Å²) in [7, 11) is 0. The predicted molar refractivity (Wildman–Crippen MR) is 107 cm³/mol. The smallest absolute Gasteiger partial charge is 0.148 e. The van der Waals surface area contributed by atoms with Crippen molar-refractivity contribution in [2.45, 2.75) is 32.4 Å². The van der Waals surface area contributed by atoms with E-state index in [0.717, 1.165) is 57.3 Å². The van der Waals surface area contributed by atoms with Gasteiger partial charge in [-0.15, -0.1) is 16.4 Å². The van der Waals surface area contributed by atoms with Gasteiger partial charge in [0.05, 0.1) is 25.5 Å². The Morgan fingerprint density at radius 1 is 1.26 bits per heavy atom. The molecule has 0 radical (unpaired) electrons. The zero-order valence-corrected chi connectivity index (χ0v) is 16.9. The van der Waals surface area contributed by atoms with E-state index in [1.54, 1.807) is 0 Å². The fraction of sp³-hybridized carbons (Fsp3) is 0.600. The normalized spacial score (nSPS) is 26.4. The summed E-state index contributed by atoms with van der Waals surface area (Å²) >= 11 is 1.88. The van der Waals surface area contributed by atoms with Gasteiger partial charge in [0.25, 0.3) is 0 Å². The first kappa shape index (κ1) is 18.8. The molecule has 0 aliphatic carbocycles. The Labute approximate surface area is 164 Å². The van der Waals surface area contributed by atoms with Crippen LogP contribution >= 0.6 is 11.3 Å². The third-order valence-electron chi connectivity index (χ3n) is 5.26. The molecule has 2 aromatic rings. The second-order valence-corrected chi connectivity index (χ2v) is 9.15. The zero-order chi connectivity index (χ0) is 18.7. The fourth-order valence-electron chi connectivity index (χ4n) is 3.93. The molecule has 2 aliphatic heterocycles. The van der Waals surface area contributed by atoms with Crippen molar-refractivity contribution < 1.29 is 9.47 Å². The molecule has 2 saturated heterocycles. The van der Waals surface area contributed by atoms with Gasteiger partial charge in [0.15, 0.2) is 0 Å². The van der Waals surface area contributed by atoms with E-state index in [2.05, 4.69) is 39.5 Å². The molecule has 0 saturated carbocycles. The highest BCUT2D eigenvalue weighted by Gasteiger charge is 2.43. The highest BCUT2D eigenvalue weighted by molar-refractivity contribution is 7.11. The average molecular weight is 389 g/mol. The third-order valence-corrected chi connectivity index (χ3v) is 6.25. The summed E-state index contributed by atoms with van der Waals surface area (Å²) < 4.78 is 12.2. The summed E-state index contributed by atoms with van der Waals surface area (Å²) in [6.45, 7) is 10.1. The van der Waals surface area contributed by atoms with Gasteiger partial charge in [0.2, 0.25) is 0 Å². The van der Waals surface area contributed by atoms with E-state index in [-0.39, 0.29) is 5.60 Å². The largest absolute Gasteiger partial charge is 0.377 e. The van der Waals surface area contributed by atoms with Gasteiger partial charge in [-0.05, 0) is 44.5 Å². The van der Waals surface area contributed by atoms with Gasteiger partial charge in [-0.1, -0.05) is 0 Å². The minimum Gasteiger partial charge on any atom is -0.377 e. The highest BCUT2D eigenvalue weighted by Crippen LogP contribution is 2.33. The van der Waals surface area contributed by atoms with Crippen LogP contribution in [-0.2, 0) is 16.0 Å². The lowest BCUT2D eigenvalue weighted by Crippen LogP contribution is -2.43. The lowest BCUT2D eigenvalue weighted by atomic mass is 9.94. The van der Waals surface area contributed by atoms with Crippen LogP contribution in [0.25, 0.3) is 0 Å². The molecule has 1 N–H and O–H groups in total. The van der Waals surface area contributed by atoms with Crippen LogP contribution in [0.15, 0.2) is 24.3 Å². The maximum absolute atomic E-state index is 6.32. The molecule has 0 amide bonds. The first-order valence-corrected chi connectivity index (χ1v) is 10.5. The molecule has 2 atom stereocenters. The topological polar surface area (TPSA) is 59.5 Å². The Bertz CT molecular complexity index is 751. The second-order valence-electron chi connectivity index (χ2n) is 7.78. The summed E-state index contributed by atoms with van der Waals surface area (Å²) in [5.41, 5.74) is 0.744. The maximum Gasteiger partial charge on any atom is 0.148 e. The Balaban J connectivity index is 1.33. The quantitative estimate of drug-likeness (QED) is 0.850. The molecule has 0 unspecified atom stereocenters. The molecular formula is C20H28N4O2S. The van der Waals surface area contributed by atoms with Crippen molar-refractivity contribution in [2.24, 2.45) is 5.92 Å². The van der Waals surface area contributed by atoms with Gasteiger partial charge in [-0.3, -0.25) is 4.90 Å². The van der Waals surface area contributed by atoms with E-state index < -0.39 is 0 Å². The van der Waals surface area contributed by atoms with Crippen LogP contribution in [0.4, 0.5) is 5.82 Å². The predicted octanol–water partition coefficient (Wildman–Crippen LogP) is 2.87. The molecule has 4 heterocycles. The lowest BCUT2D eigenvalue weighted by molar-refractivity contribution is -0.0561. The van der Waals surface area contributed by atoms with Gasteiger partial charge < -0.3 is 14.8 Å². The number of anilines is 1. The number of aryl methyl sites for hydroxylation is 2. The fourth-order valence-corrected chi connectivity index (χ4v) is 4.86. The number of nitrogens with zero attached hydrogens (tertiary/aromatic N) is 3. The molecule has 4 rings (SSSR count). The van der Waals surface area contributed by atoms with E-state index in [0.29, 0.717) is 12.5 Å². The van der Waals surface area contributed by atoms with Gasteiger partial charge >= 0.3 is 0 Å². The van der Waals surface area contributed by atoms with Crippen molar-refractivity contribution >= 4 is 17.2 Å². The average Bonchev–Trinajstić information content (AvgIpc) is 3.18. The third kappa shape index (κ3) is 4.85. The Kier molecular flexibility index (Phi) is 5.73. The molecule has 1 spiro atoms. The standard InChI is InChI=1S/C20H28N4O2S/c1-15-3-6-19(23-22-15)21-10-17-9-20(26-12-17)13-24(7-8-25-14-20)11-18-5-4-16(2)27-18/h3-6,17H,7-14H2,1-2H3,(H,21,23)/t17-,20+/m1/s1. The monoisotopic (exact) mass is 388 g/mol. The summed E-state index contributed by atoms with van der Waals surface area (Å²) in [5.74, 6) is 1.29. The Morgan fingerprint density at radius 3 is 2.96 bits per heavy atom. The highest BCUT2D eigenvalue weighted by atomic mass is 32.1. The molecular weight excluding hydrogens is 360 g/mol. The van der Waals surface area contributed by atoms with E-state index in [4.69, 9.17) is 9.47 Å². The van der Waals surface area contributed by atoms with Gasteiger partial charge in [-0.25, -0.2) is 0 Å². The molecule has 2 aromatic heterocycles. The summed E-state index contributed by atoms with van der Waals surface area (Å²) in [4.78, 5) is 5.27. The number of thiophene rings is 1. The summed E-state index contributed by atoms with van der Waals surface area (Å²) in [5, 5.41) is 11.7. The van der Waals surface area contributed by atoms with Crippen molar-refractivity contribution in [3.05, 3.63) is 39.7 Å². The number of hydrogen-bond acceptors (Lipinski definition) is 7. The van der Waals surface area contributed by atoms with Crippen molar-refractivity contribution in [1.29, 1.82) is 0 Å². The number of aromatic nitrogens is 2. The van der Waals surface area contributed by atoms with E-state index in [1.807, 2.05) is 30.4 Å². The van der Waals surface area contributed by atoms with Crippen LogP contribution in [0.5, 0.6) is 0 Å². The molecule has 6 nitrogen and oxygen atoms in total. The zero-order valence-electron chi connectivity index (χ0n) is 16.1.